The van der Waals surface area contributed by atoms with Crippen molar-refractivity contribution in [1.82, 2.24) is 5.32 Å². The van der Waals surface area contributed by atoms with Crippen LogP contribution in [-0.4, -0.2) is 18.6 Å². The molecular formula is C60H98N2. The van der Waals surface area contributed by atoms with Gasteiger partial charge in [-0.15, -0.1) is 0 Å². The zero-order valence-electron chi connectivity index (χ0n) is 41.1. The van der Waals surface area contributed by atoms with E-state index in [1.807, 2.05) is 0 Å². The molecule has 1 heterocycles. The van der Waals surface area contributed by atoms with Crippen LogP contribution in [0.5, 0.6) is 0 Å². The maximum Gasteiger partial charge on any atom is 0.0221 e. The van der Waals surface area contributed by atoms with Crippen LogP contribution < -0.4 is 11.1 Å². The van der Waals surface area contributed by atoms with Gasteiger partial charge in [-0.25, -0.2) is 0 Å². The highest BCUT2D eigenvalue weighted by Crippen LogP contribution is 2.72. The van der Waals surface area contributed by atoms with Crippen molar-refractivity contribution < 1.29 is 0 Å². The van der Waals surface area contributed by atoms with E-state index in [-0.39, 0.29) is 0 Å². The SMILES string of the molecule is CC1CCC2C(C1)C(C1CCC(C3CN3)CC1C)CC1C3CC4C(CC3C(C3CCC(N)CC3C)CC21)C1CCCC2C(C3CCC5C6CCCCC6C(C)(C)C5C3)CCC4C21. The van der Waals surface area contributed by atoms with E-state index in [1.54, 1.807) is 122 Å². The van der Waals surface area contributed by atoms with Crippen LogP contribution in [-0.2, 0) is 0 Å². The largest absolute Gasteiger partial charge is 0.328 e. The van der Waals surface area contributed by atoms with Crippen molar-refractivity contribution in [1.29, 1.82) is 0 Å². The predicted molar refractivity (Wildman–Crippen MR) is 257 cm³/mol. The molecule has 62 heavy (non-hydrogen) atoms. The molecule has 0 aromatic heterocycles. The quantitative estimate of drug-likeness (QED) is 0.277. The molecule has 1 saturated heterocycles. The fourth-order valence-electron chi connectivity index (χ4n) is 24.7. The molecule has 0 radical (unpaired) electrons. The Kier molecular flexibility index (Phi) is 10.9. The van der Waals surface area contributed by atoms with E-state index >= 15 is 0 Å². The molecule has 0 amide bonds. The summed E-state index contributed by atoms with van der Waals surface area (Å²) in [5.74, 6) is 27.2. The number of hydrogen-bond donors (Lipinski definition) is 2. The van der Waals surface area contributed by atoms with Crippen molar-refractivity contribution in [3.8, 4) is 0 Å². The number of nitrogens with one attached hydrogen (secondary N) is 1. The van der Waals surface area contributed by atoms with Gasteiger partial charge in [0.05, 0.1) is 0 Å². The molecule has 28 atom stereocenters. The topological polar surface area (TPSA) is 48.0 Å². The molecule has 12 saturated carbocycles. The van der Waals surface area contributed by atoms with Crippen LogP contribution in [0.4, 0.5) is 0 Å². The van der Waals surface area contributed by atoms with Gasteiger partial charge in [-0.3, -0.25) is 0 Å². The van der Waals surface area contributed by atoms with Crippen molar-refractivity contribution in [2.75, 3.05) is 6.54 Å². The van der Waals surface area contributed by atoms with E-state index in [1.165, 1.54) is 45.1 Å². The Morgan fingerprint density at radius 1 is 0.371 bits per heavy atom. The first kappa shape index (κ1) is 42.1. The maximum atomic E-state index is 6.80. The lowest BCUT2D eigenvalue weighted by Crippen LogP contribution is -2.56. The smallest absolute Gasteiger partial charge is 0.0221 e. The molecule has 1 aliphatic heterocycles. The van der Waals surface area contributed by atoms with E-state index in [0.29, 0.717) is 11.5 Å². The molecule has 348 valence electrons. The van der Waals surface area contributed by atoms with Gasteiger partial charge in [0.1, 0.15) is 0 Å². The van der Waals surface area contributed by atoms with Gasteiger partial charge in [0.15, 0.2) is 0 Å². The van der Waals surface area contributed by atoms with Crippen LogP contribution in [0, 0.1) is 159 Å². The highest BCUT2D eigenvalue weighted by Gasteiger charge is 2.65. The fraction of sp³-hybridized carbons (Fsp3) is 1.00. The van der Waals surface area contributed by atoms with Gasteiger partial charge in [-0.05, 0) is 294 Å². The summed E-state index contributed by atoms with van der Waals surface area (Å²) in [5, 5.41) is 3.76. The minimum atomic E-state index is 0.473. The van der Waals surface area contributed by atoms with Crippen molar-refractivity contribution in [2.45, 2.75) is 207 Å². The van der Waals surface area contributed by atoms with Gasteiger partial charge in [-0.1, -0.05) is 60.3 Å². The van der Waals surface area contributed by atoms with Crippen molar-refractivity contribution in [3.05, 3.63) is 0 Å². The van der Waals surface area contributed by atoms with E-state index < -0.39 is 0 Å². The minimum absolute atomic E-state index is 0.473. The molecule has 12 aliphatic carbocycles. The fourth-order valence-corrected chi connectivity index (χ4v) is 24.7. The summed E-state index contributed by atoms with van der Waals surface area (Å²) in [6, 6.07) is 1.35. The second-order valence-corrected chi connectivity index (χ2v) is 28.9. The Bertz CT molecular complexity index is 1610. The third-order valence-corrected chi connectivity index (χ3v) is 26.8. The number of rotatable bonds is 4. The third kappa shape index (κ3) is 6.65. The van der Waals surface area contributed by atoms with E-state index in [4.69, 9.17) is 5.73 Å². The molecule has 13 aliphatic rings. The molecule has 2 heteroatoms. The summed E-state index contributed by atoms with van der Waals surface area (Å²) in [6.45, 7) is 15.0. The number of nitrogens with two attached hydrogens (primary N) is 1. The first-order chi connectivity index (χ1) is 30.1. The molecule has 0 spiro atoms. The Labute approximate surface area is 382 Å². The average molecular weight is 847 g/mol. The zero-order chi connectivity index (χ0) is 41.8. The molecule has 13 rings (SSSR count). The normalized spacial score (nSPS) is 61.1. The standard InChI is InChI=1S/C60H98N2/c1-32-13-17-41-47(23-32)48(38-18-15-36(24-33(38)2)58-31-62-58)28-54-50(41)27-49(39-20-16-37(61)25-34(39)3)53-29-51-45-11-8-10-44-40(21-22-46(59(44)45)52(51)30-55(53)54)35-14-19-43-42-9-6-7-12-56(42)60(4,5)57(43)26-35/h32-59,62H,6-31,61H2,1-5H3. The van der Waals surface area contributed by atoms with Crippen LogP contribution in [0.15, 0.2) is 0 Å². The Hall–Kier alpha value is -0.0800. The highest BCUT2D eigenvalue weighted by atomic mass is 15.1. The van der Waals surface area contributed by atoms with Gasteiger partial charge in [0.2, 0.25) is 0 Å². The Balaban J connectivity index is 0.798. The van der Waals surface area contributed by atoms with Crippen molar-refractivity contribution in [3.63, 3.8) is 0 Å². The van der Waals surface area contributed by atoms with E-state index in [2.05, 4.69) is 39.9 Å². The predicted octanol–water partition coefficient (Wildman–Crippen LogP) is 14.3. The molecule has 0 aromatic carbocycles. The molecule has 28 unspecified atom stereocenters. The average Bonchev–Trinajstić information content (AvgIpc) is 4.05. The first-order valence-electron chi connectivity index (χ1n) is 29.6. The summed E-state index contributed by atoms with van der Waals surface area (Å²) >= 11 is 0. The van der Waals surface area contributed by atoms with Crippen LogP contribution in [0.1, 0.15) is 195 Å². The lowest BCUT2D eigenvalue weighted by atomic mass is 9.42. The lowest BCUT2D eigenvalue weighted by Gasteiger charge is -2.63. The first-order valence-corrected chi connectivity index (χ1v) is 29.6. The van der Waals surface area contributed by atoms with Crippen molar-refractivity contribution >= 4 is 0 Å². The van der Waals surface area contributed by atoms with Gasteiger partial charge >= 0.3 is 0 Å². The highest BCUT2D eigenvalue weighted by molar-refractivity contribution is 5.14. The van der Waals surface area contributed by atoms with Crippen molar-refractivity contribution in [2.24, 2.45) is 165 Å². The van der Waals surface area contributed by atoms with Gasteiger partial charge in [0, 0.05) is 18.6 Å². The molecule has 13 fully saturated rings. The lowest BCUT2D eigenvalue weighted by molar-refractivity contribution is -0.144. The maximum absolute atomic E-state index is 6.80. The Morgan fingerprint density at radius 3 is 1.55 bits per heavy atom. The summed E-state index contributed by atoms with van der Waals surface area (Å²) in [4.78, 5) is 0. The van der Waals surface area contributed by atoms with Crippen LogP contribution >= 0.6 is 0 Å². The molecule has 3 N–H and O–H groups in total. The Morgan fingerprint density at radius 2 is 0.855 bits per heavy atom. The van der Waals surface area contributed by atoms with Gasteiger partial charge in [0.25, 0.3) is 0 Å². The van der Waals surface area contributed by atoms with Crippen LogP contribution in [0.3, 0.4) is 0 Å². The van der Waals surface area contributed by atoms with Gasteiger partial charge in [-0.2, -0.15) is 0 Å². The molecular weight excluding hydrogens is 749 g/mol. The monoisotopic (exact) mass is 847 g/mol. The van der Waals surface area contributed by atoms with Crippen LogP contribution in [0.2, 0.25) is 0 Å². The summed E-state index contributed by atoms with van der Waals surface area (Å²) in [7, 11) is 0. The molecule has 0 aromatic rings. The number of hydrogen-bond acceptors (Lipinski definition) is 2. The third-order valence-electron chi connectivity index (χ3n) is 26.8. The molecule has 0 bridgehead atoms. The van der Waals surface area contributed by atoms with E-state index in [9.17, 15) is 0 Å². The van der Waals surface area contributed by atoms with Gasteiger partial charge < -0.3 is 11.1 Å². The summed E-state index contributed by atoms with van der Waals surface area (Å²) < 4.78 is 0. The minimum Gasteiger partial charge on any atom is -0.328 e. The van der Waals surface area contributed by atoms with Crippen LogP contribution in [0.25, 0.3) is 0 Å². The second kappa shape index (κ2) is 16.0. The second-order valence-electron chi connectivity index (χ2n) is 28.9. The summed E-state index contributed by atoms with van der Waals surface area (Å²) in [5.41, 5.74) is 7.41. The molecule has 2 nitrogen and oxygen atoms in total. The summed E-state index contributed by atoms with van der Waals surface area (Å²) in [6.07, 6.45) is 39.4. The number of fused-ring (bicyclic) bond motifs is 11. The zero-order valence-corrected chi connectivity index (χ0v) is 41.1. The van der Waals surface area contributed by atoms with E-state index in [0.717, 1.165) is 160 Å².